The van der Waals surface area contributed by atoms with Gasteiger partial charge >= 0.3 is 0 Å². The molecule has 0 saturated carbocycles. The summed E-state index contributed by atoms with van der Waals surface area (Å²) in [5.74, 6) is 1.82. The van der Waals surface area contributed by atoms with Crippen LogP contribution in [0.1, 0.15) is 12.6 Å². The number of H-pyrrole nitrogens is 1. The van der Waals surface area contributed by atoms with Gasteiger partial charge in [0.15, 0.2) is 11.5 Å². The SMILES string of the molecule is CCc1nc(-c2cc(Br)c3c(c2)OCO3)[nH]c(=O)c1Br. The normalized spacial score (nSPS) is 12.8. The monoisotopic (exact) mass is 400 g/mol. The van der Waals surface area contributed by atoms with Crippen molar-refractivity contribution in [3.8, 4) is 22.9 Å². The van der Waals surface area contributed by atoms with Crippen molar-refractivity contribution in [1.82, 2.24) is 9.97 Å². The number of hydrogen-bond donors (Lipinski definition) is 1. The van der Waals surface area contributed by atoms with E-state index >= 15 is 0 Å². The number of aryl methyl sites for hydroxylation is 1. The average Bonchev–Trinajstić information content (AvgIpc) is 2.90. The van der Waals surface area contributed by atoms with Crippen molar-refractivity contribution in [3.63, 3.8) is 0 Å². The van der Waals surface area contributed by atoms with Crippen molar-refractivity contribution in [3.05, 3.63) is 37.1 Å². The Hall–Kier alpha value is -1.34. The Bertz CT molecular complexity index is 743. The average molecular weight is 402 g/mol. The highest BCUT2D eigenvalue weighted by atomic mass is 79.9. The molecule has 0 unspecified atom stereocenters. The van der Waals surface area contributed by atoms with Crippen molar-refractivity contribution in [2.75, 3.05) is 6.79 Å². The summed E-state index contributed by atoms with van der Waals surface area (Å²) in [6.07, 6.45) is 0.670. The van der Waals surface area contributed by atoms with Crippen LogP contribution in [-0.2, 0) is 6.42 Å². The van der Waals surface area contributed by atoms with Crippen LogP contribution >= 0.6 is 31.9 Å². The molecule has 20 heavy (non-hydrogen) atoms. The molecule has 1 N–H and O–H groups in total. The number of rotatable bonds is 2. The smallest absolute Gasteiger partial charge is 0.265 e. The van der Waals surface area contributed by atoms with Crippen LogP contribution in [0.4, 0.5) is 0 Å². The first kappa shape index (κ1) is 13.6. The highest BCUT2D eigenvalue weighted by Crippen LogP contribution is 2.41. The summed E-state index contributed by atoms with van der Waals surface area (Å²) in [4.78, 5) is 19.1. The standard InChI is InChI=1S/C13H10Br2N2O3/c1-2-8-10(15)13(18)17-12(16-8)6-3-7(14)11-9(4-6)19-5-20-11/h3-4H,2,5H2,1H3,(H,16,17,18). The molecule has 0 fully saturated rings. The topological polar surface area (TPSA) is 64.2 Å². The highest BCUT2D eigenvalue weighted by molar-refractivity contribution is 9.10. The molecule has 1 aromatic heterocycles. The molecule has 2 heterocycles. The van der Waals surface area contributed by atoms with Gasteiger partial charge in [-0.1, -0.05) is 6.92 Å². The number of aromatic nitrogens is 2. The third kappa shape index (κ3) is 2.25. The van der Waals surface area contributed by atoms with E-state index in [1.165, 1.54) is 0 Å². The summed E-state index contributed by atoms with van der Waals surface area (Å²) in [5.41, 5.74) is 1.29. The summed E-state index contributed by atoms with van der Waals surface area (Å²) >= 11 is 6.68. The first-order valence-electron chi connectivity index (χ1n) is 5.98. The van der Waals surface area contributed by atoms with Crippen molar-refractivity contribution in [2.45, 2.75) is 13.3 Å². The Morgan fingerprint density at radius 3 is 2.90 bits per heavy atom. The van der Waals surface area contributed by atoms with Gasteiger partial charge in [-0.05, 0) is 50.4 Å². The van der Waals surface area contributed by atoms with Crippen molar-refractivity contribution in [1.29, 1.82) is 0 Å². The summed E-state index contributed by atoms with van der Waals surface area (Å²) in [5, 5.41) is 0. The van der Waals surface area contributed by atoms with Crippen LogP contribution in [0.5, 0.6) is 11.5 Å². The summed E-state index contributed by atoms with van der Waals surface area (Å²) in [6, 6.07) is 3.65. The van der Waals surface area contributed by atoms with E-state index in [1.54, 1.807) is 6.07 Å². The van der Waals surface area contributed by atoms with E-state index in [0.717, 1.165) is 15.7 Å². The van der Waals surface area contributed by atoms with E-state index in [0.29, 0.717) is 28.2 Å². The number of benzene rings is 1. The molecule has 2 aromatic rings. The van der Waals surface area contributed by atoms with Crippen LogP contribution < -0.4 is 15.0 Å². The number of ether oxygens (including phenoxy) is 2. The zero-order chi connectivity index (χ0) is 14.3. The first-order valence-corrected chi connectivity index (χ1v) is 7.57. The molecule has 104 valence electrons. The second kappa shape index (κ2) is 5.21. The Morgan fingerprint density at radius 2 is 2.15 bits per heavy atom. The molecule has 7 heteroatoms. The van der Waals surface area contributed by atoms with E-state index < -0.39 is 0 Å². The molecular formula is C13H10Br2N2O3. The van der Waals surface area contributed by atoms with Gasteiger partial charge < -0.3 is 14.5 Å². The molecule has 0 aliphatic carbocycles. The fourth-order valence-electron chi connectivity index (χ4n) is 1.98. The van der Waals surface area contributed by atoms with Crippen LogP contribution in [0.3, 0.4) is 0 Å². The van der Waals surface area contributed by atoms with E-state index in [9.17, 15) is 4.79 Å². The second-order valence-electron chi connectivity index (χ2n) is 4.22. The lowest BCUT2D eigenvalue weighted by molar-refractivity contribution is 0.173. The minimum absolute atomic E-state index is 0.194. The summed E-state index contributed by atoms with van der Waals surface area (Å²) in [6.45, 7) is 2.15. The third-order valence-corrected chi connectivity index (χ3v) is 4.37. The Balaban J connectivity index is 2.17. The molecule has 1 aromatic carbocycles. The van der Waals surface area contributed by atoms with Crippen molar-refractivity contribution < 1.29 is 9.47 Å². The van der Waals surface area contributed by atoms with Gasteiger partial charge in [-0.3, -0.25) is 4.79 Å². The van der Waals surface area contributed by atoms with E-state index in [1.807, 2.05) is 13.0 Å². The number of nitrogens with zero attached hydrogens (tertiary/aromatic N) is 1. The predicted molar refractivity (Wildman–Crippen MR) is 81.2 cm³/mol. The number of fused-ring (bicyclic) bond motifs is 1. The molecule has 1 aliphatic rings. The number of nitrogens with one attached hydrogen (secondary N) is 1. The maximum absolute atomic E-state index is 11.9. The quantitative estimate of drug-likeness (QED) is 0.838. The van der Waals surface area contributed by atoms with E-state index in [-0.39, 0.29) is 12.4 Å². The molecule has 0 saturated heterocycles. The first-order chi connectivity index (χ1) is 9.60. The van der Waals surface area contributed by atoms with Crippen LogP contribution in [0.25, 0.3) is 11.4 Å². The Morgan fingerprint density at radius 1 is 1.35 bits per heavy atom. The lowest BCUT2D eigenvalue weighted by Crippen LogP contribution is -2.13. The number of aromatic amines is 1. The van der Waals surface area contributed by atoms with Gasteiger partial charge in [-0.15, -0.1) is 0 Å². The second-order valence-corrected chi connectivity index (χ2v) is 5.87. The molecule has 0 amide bonds. The zero-order valence-corrected chi connectivity index (χ0v) is 13.7. The van der Waals surface area contributed by atoms with Crippen LogP contribution in [0, 0.1) is 0 Å². The Labute approximate surface area is 131 Å². The van der Waals surface area contributed by atoms with Gasteiger partial charge in [0.05, 0.1) is 10.2 Å². The van der Waals surface area contributed by atoms with Gasteiger partial charge in [-0.2, -0.15) is 0 Å². The zero-order valence-electron chi connectivity index (χ0n) is 10.5. The minimum atomic E-state index is -0.194. The van der Waals surface area contributed by atoms with Crippen LogP contribution in [0.15, 0.2) is 25.9 Å². The Kier molecular flexibility index (Phi) is 3.55. The fourth-order valence-corrected chi connectivity index (χ4v) is 3.01. The van der Waals surface area contributed by atoms with Gasteiger partial charge in [-0.25, -0.2) is 4.98 Å². The van der Waals surface area contributed by atoms with Crippen molar-refractivity contribution in [2.24, 2.45) is 0 Å². The van der Waals surface area contributed by atoms with Crippen LogP contribution in [-0.4, -0.2) is 16.8 Å². The largest absolute Gasteiger partial charge is 0.454 e. The van der Waals surface area contributed by atoms with Crippen molar-refractivity contribution >= 4 is 31.9 Å². The number of hydrogen-bond acceptors (Lipinski definition) is 4. The van der Waals surface area contributed by atoms with Gasteiger partial charge in [0.1, 0.15) is 10.3 Å². The third-order valence-electron chi connectivity index (χ3n) is 2.97. The summed E-state index contributed by atoms with van der Waals surface area (Å²) in [7, 11) is 0. The molecule has 0 bridgehead atoms. The lowest BCUT2D eigenvalue weighted by atomic mass is 10.2. The predicted octanol–water partition coefficient (Wildman–Crippen LogP) is 3.25. The van der Waals surface area contributed by atoms with Gasteiger partial charge in [0.2, 0.25) is 6.79 Å². The fraction of sp³-hybridized carbons (Fsp3) is 0.231. The van der Waals surface area contributed by atoms with Gasteiger partial charge in [0.25, 0.3) is 5.56 Å². The maximum atomic E-state index is 11.9. The molecule has 0 atom stereocenters. The lowest BCUT2D eigenvalue weighted by Gasteiger charge is -2.07. The van der Waals surface area contributed by atoms with Crippen LogP contribution in [0.2, 0.25) is 0 Å². The molecule has 5 nitrogen and oxygen atoms in total. The van der Waals surface area contributed by atoms with E-state index in [2.05, 4.69) is 41.8 Å². The van der Waals surface area contributed by atoms with E-state index in [4.69, 9.17) is 9.47 Å². The number of halogens is 2. The molecular weight excluding hydrogens is 392 g/mol. The highest BCUT2D eigenvalue weighted by Gasteiger charge is 2.19. The molecule has 0 spiro atoms. The van der Waals surface area contributed by atoms with Gasteiger partial charge in [0, 0.05) is 5.56 Å². The molecule has 0 radical (unpaired) electrons. The maximum Gasteiger partial charge on any atom is 0.265 e. The molecule has 1 aliphatic heterocycles. The summed E-state index contributed by atoms with van der Waals surface area (Å²) < 4.78 is 12.0. The minimum Gasteiger partial charge on any atom is -0.454 e. The molecule has 3 rings (SSSR count).